The van der Waals surface area contributed by atoms with Crippen LogP contribution in [0.4, 0.5) is 0 Å². The number of nitrogens with zero attached hydrogens (tertiary/aromatic N) is 2. The second-order valence-electron chi connectivity index (χ2n) is 6.37. The highest BCUT2D eigenvalue weighted by Crippen LogP contribution is 2.27. The Kier molecular flexibility index (Phi) is 6.05. The van der Waals surface area contributed by atoms with Crippen LogP contribution in [0.3, 0.4) is 0 Å². The smallest absolute Gasteiger partial charge is 0.337 e. The fourth-order valence-corrected chi connectivity index (χ4v) is 5.13. The van der Waals surface area contributed by atoms with Gasteiger partial charge in [0.15, 0.2) is 0 Å². The van der Waals surface area contributed by atoms with Gasteiger partial charge in [0.25, 0.3) is 5.91 Å². The van der Waals surface area contributed by atoms with Crippen molar-refractivity contribution in [2.45, 2.75) is 23.8 Å². The molecule has 1 atom stereocenters. The minimum Gasteiger partial charge on any atom is -0.465 e. The molecule has 148 valence electrons. The summed E-state index contributed by atoms with van der Waals surface area (Å²) in [4.78, 5) is 25.6. The molecule has 1 amide bonds. The molecule has 2 fully saturated rings. The van der Waals surface area contributed by atoms with Crippen molar-refractivity contribution in [2.24, 2.45) is 0 Å². The van der Waals surface area contributed by atoms with Gasteiger partial charge >= 0.3 is 5.97 Å². The summed E-state index contributed by atoms with van der Waals surface area (Å²) in [6, 6.07) is 3.98. The summed E-state index contributed by atoms with van der Waals surface area (Å²) >= 11 is 6.07. The van der Waals surface area contributed by atoms with E-state index < -0.39 is 22.1 Å². The number of carbonyl (C=O) groups excluding carboxylic acids is 2. The van der Waals surface area contributed by atoms with Crippen molar-refractivity contribution >= 4 is 33.5 Å². The summed E-state index contributed by atoms with van der Waals surface area (Å²) in [7, 11) is -2.68. The van der Waals surface area contributed by atoms with Gasteiger partial charge in [0.05, 0.1) is 17.7 Å². The average Bonchev–Trinajstić information content (AvgIpc) is 3.22. The molecule has 0 spiro atoms. The third-order valence-corrected chi connectivity index (χ3v) is 7.11. The first-order valence-electron chi connectivity index (χ1n) is 8.63. The molecule has 0 bridgehead atoms. The zero-order chi connectivity index (χ0) is 19.6. The average molecular weight is 417 g/mol. The molecule has 2 heterocycles. The molecule has 1 aromatic rings. The lowest BCUT2D eigenvalue weighted by Crippen LogP contribution is -2.52. The zero-order valence-corrected chi connectivity index (χ0v) is 16.5. The number of methoxy groups -OCH3 is 1. The Morgan fingerprint density at radius 3 is 2.52 bits per heavy atom. The van der Waals surface area contributed by atoms with Gasteiger partial charge in [-0.15, -0.1) is 0 Å². The first-order chi connectivity index (χ1) is 12.8. The van der Waals surface area contributed by atoms with Crippen LogP contribution in [0.5, 0.6) is 0 Å². The summed E-state index contributed by atoms with van der Waals surface area (Å²) in [6.45, 7) is 1.46. The molecule has 10 heteroatoms. The molecule has 3 rings (SSSR count). The van der Waals surface area contributed by atoms with Crippen LogP contribution in [0.25, 0.3) is 0 Å². The molecule has 0 radical (unpaired) electrons. The molecule has 2 aliphatic heterocycles. The maximum absolute atomic E-state index is 13.0. The summed E-state index contributed by atoms with van der Waals surface area (Å²) in [6.07, 6.45) is 1.15. The lowest BCUT2D eigenvalue weighted by atomic mass is 10.2. The van der Waals surface area contributed by atoms with Gasteiger partial charge in [0, 0.05) is 32.8 Å². The van der Waals surface area contributed by atoms with Crippen LogP contribution in [-0.2, 0) is 24.3 Å². The van der Waals surface area contributed by atoms with Crippen LogP contribution in [0.2, 0.25) is 5.02 Å². The number of sulfonamides is 1. The second-order valence-corrected chi connectivity index (χ2v) is 8.68. The normalized spacial score (nSPS) is 21.3. The minimum atomic E-state index is -3.90. The molecule has 0 saturated carbocycles. The van der Waals surface area contributed by atoms with Crippen LogP contribution >= 0.6 is 11.6 Å². The molecule has 2 aliphatic rings. The zero-order valence-electron chi connectivity index (χ0n) is 14.9. The van der Waals surface area contributed by atoms with Gasteiger partial charge in [-0.3, -0.25) is 4.79 Å². The van der Waals surface area contributed by atoms with Crippen molar-refractivity contribution in [1.82, 2.24) is 9.21 Å². The number of rotatable bonds is 4. The van der Waals surface area contributed by atoms with E-state index in [1.807, 2.05) is 0 Å². The van der Waals surface area contributed by atoms with E-state index in [0.717, 1.165) is 6.42 Å². The Morgan fingerprint density at radius 2 is 1.93 bits per heavy atom. The van der Waals surface area contributed by atoms with Crippen LogP contribution in [0, 0.1) is 0 Å². The van der Waals surface area contributed by atoms with E-state index in [9.17, 15) is 18.0 Å². The van der Waals surface area contributed by atoms with E-state index in [4.69, 9.17) is 16.3 Å². The first kappa shape index (κ1) is 20.1. The van der Waals surface area contributed by atoms with Crippen LogP contribution in [-0.4, -0.2) is 75.5 Å². The SMILES string of the molecule is COC(=O)c1ccc(Cl)c(S(=O)(=O)N2CCN(C(=O)C3CCCO3)CC2)c1. The van der Waals surface area contributed by atoms with Crippen molar-refractivity contribution in [3.05, 3.63) is 28.8 Å². The topological polar surface area (TPSA) is 93.2 Å². The summed E-state index contributed by atoms with van der Waals surface area (Å²) in [5.74, 6) is -0.731. The molecule has 27 heavy (non-hydrogen) atoms. The monoisotopic (exact) mass is 416 g/mol. The quantitative estimate of drug-likeness (QED) is 0.683. The largest absolute Gasteiger partial charge is 0.465 e. The highest BCUT2D eigenvalue weighted by molar-refractivity contribution is 7.89. The molecule has 0 N–H and O–H groups in total. The number of amides is 1. The van der Waals surface area contributed by atoms with Crippen LogP contribution < -0.4 is 0 Å². The van der Waals surface area contributed by atoms with Gasteiger partial charge in [0.2, 0.25) is 10.0 Å². The van der Waals surface area contributed by atoms with Crippen molar-refractivity contribution in [3.8, 4) is 0 Å². The highest BCUT2D eigenvalue weighted by atomic mass is 35.5. The Morgan fingerprint density at radius 1 is 1.22 bits per heavy atom. The number of ether oxygens (including phenoxy) is 2. The van der Waals surface area contributed by atoms with Crippen molar-refractivity contribution < 1.29 is 27.5 Å². The Balaban J connectivity index is 1.73. The molecule has 0 aliphatic carbocycles. The molecule has 0 aromatic heterocycles. The summed E-state index contributed by atoms with van der Waals surface area (Å²) in [5, 5.41) is 0.0283. The third kappa shape index (κ3) is 4.11. The molecule has 1 unspecified atom stereocenters. The summed E-state index contributed by atoms with van der Waals surface area (Å²) < 4.78 is 37.2. The van der Waals surface area contributed by atoms with Crippen molar-refractivity contribution in [3.63, 3.8) is 0 Å². The Labute approximate surface area is 163 Å². The lowest BCUT2D eigenvalue weighted by molar-refractivity contribution is -0.142. The van der Waals surface area contributed by atoms with E-state index in [2.05, 4.69) is 4.74 Å². The number of hydrogen-bond acceptors (Lipinski definition) is 6. The fraction of sp³-hybridized carbons (Fsp3) is 0.529. The van der Waals surface area contributed by atoms with Gasteiger partial charge in [0.1, 0.15) is 11.0 Å². The number of hydrogen-bond donors (Lipinski definition) is 0. The van der Waals surface area contributed by atoms with E-state index >= 15 is 0 Å². The van der Waals surface area contributed by atoms with Crippen LogP contribution in [0.1, 0.15) is 23.2 Å². The molecular weight excluding hydrogens is 396 g/mol. The molecular formula is C17H21ClN2O6S. The maximum atomic E-state index is 13.0. The minimum absolute atomic E-state index is 0.0283. The van der Waals surface area contributed by atoms with Gasteiger partial charge in [-0.25, -0.2) is 13.2 Å². The second kappa shape index (κ2) is 8.14. The number of carbonyl (C=O) groups is 2. The van der Waals surface area contributed by atoms with E-state index in [0.29, 0.717) is 13.0 Å². The van der Waals surface area contributed by atoms with Gasteiger partial charge in [-0.2, -0.15) is 4.31 Å². The van der Waals surface area contributed by atoms with Crippen LogP contribution in [0.15, 0.2) is 23.1 Å². The molecule has 8 nitrogen and oxygen atoms in total. The highest BCUT2D eigenvalue weighted by Gasteiger charge is 2.35. The number of esters is 1. The predicted molar refractivity (Wildman–Crippen MR) is 97.1 cm³/mol. The Hall–Kier alpha value is -1.68. The van der Waals surface area contributed by atoms with E-state index in [1.165, 1.54) is 29.6 Å². The number of benzene rings is 1. The van der Waals surface area contributed by atoms with Crippen molar-refractivity contribution in [2.75, 3.05) is 39.9 Å². The number of halogens is 1. The van der Waals surface area contributed by atoms with Crippen molar-refractivity contribution in [1.29, 1.82) is 0 Å². The van der Waals surface area contributed by atoms with Gasteiger partial charge in [-0.05, 0) is 31.0 Å². The molecule has 1 aromatic carbocycles. The predicted octanol–water partition coefficient (Wildman–Crippen LogP) is 1.14. The summed E-state index contributed by atoms with van der Waals surface area (Å²) in [5.41, 5.74) is 0.104. The first-order valence-corrected chi connectivity index (χ1v) is 10.4. The lowest BCUT2D eigenvalue weighted by Gasteiger charge is -2.35. The maximum Gasteiger partial charge on any atom is 0.337 e. The number of piperazine rings is 1. The van der Waals surface area contributed by atoms with Gasteiger partial charge < -0.3 is 14.4 Å². The third-order valence-electron chi connectivity index (χ3n) is 4.73. The van der Waals surface area contributed by atoms with E-state index in [-0.39, 0.29) is 47.6 Å². The van der Waals surface area contributed by atoms with E-state index in [1.54, 1.807) is 4.90 Å². The fourth-order valence-electron chi connectivity index (χ4n) is 3.21. The molecule has 2 saturated heterocycles. The standard InChI is InChI=1S/C17H21ClN2O6S/c1-25-17(22)12-4-5-13(18)15(11-12)27(23,24)20-8-6-19(7-9-20)16(21)14-3-2-10-26-14/h4-5,11,14H,2-3,6-10H2,1H3. The van der Waals surface area contributed by atoms with Gasteiger partial charge in [-0.1, -0.05) is 11.6 Å². The Bertz CT molecular complexity index is 830.